The van der Waals surface area contributed by atoms with E-state index in [9.17, 15) is 10.1 Å². The zero-order chi connectivity index (χ0) is 13.8. The Hall–Kier alpha value is -1.62. The second kappa shape index (κ2) is 6.02. The van der Waals surface area contributed by atoms with E-state index in [1.807, 2.05) is 6.92 Å². The summed E-state index contributed by atoms with van der Waals surface area (Å²) in [4.78, 5) is 10.6. The number of hydrogen-bond donors (Lipinski definition) is 1. The fourth-order valence-corrected chi connectivity index (χ4v) is 2.48. The molecule has 1 aliphatic rings. The number of ether oxygens (including phenoxy) is 1. The van der Waals surface area contributed by atoms with Crippen LogP contribution in [0.5, 0.6) is 5.75 Å². The van der Waals surface area contributed by atoms with E-state index in [1.165, 1.54) is 6.07 Å². The largest absolute Gasteiger partial charge is 0.483 e. The molecule has 2 rings (SSSR count). The summed E-state index contributed by atoms with van der Waals surface area (Å²) in [7, 11) is 0. The highest BCUT2D eigenvalue weighted by molar-refractivity contribution is 5.48. The average Bonchev–Trinajstić information content (AvgIpc) is 2.39. The minimum Gasteiger partial charge on any atom is -0.483 e. The van der Waals surface area contributed by atoms with Crippen molar-refractivity contribution in [3.05, 3.63) is 33.9 Å². The van der Waals surface area contributed by atoms with Crippen molar-refractivity contribution in [2.24, 2.45) is 5.92 Å². The zero-order valence-electron chi connectivity index (χ0n) is 11.0. The highest BCUT2D eigenvalue weighted by Gasteiger charge is 2.24. The van der Waals surface area contributed by atoms with E-state index in [-0.39, 0.29) is 18.4 Å². The van der Waals surface area contributed by atoms with Crippen LogP contribution in [0, 0.1) is 23.0 Å². The first kappa shape index (κ1) is 13.8. The lowest BCUT2D eigenvalue weighted by atomic mass is 9.88. The lowest BCUT2D eigenvalue weighted by Crippen LogP contribution is -2.25. The summed E-state index contributed by atoms with van der Waals surface area (Å²) in [6, 6.07) is 4.92. The number of aryl methyl sites for hydroxylation is 1. The molecule has 0 aliphatic heterocycles. The maximum Gasteiger partial charge on any atom is 0.310 e. The summed E-state index contributed by atoms with van der Waals surface area (Å²) in [6.07, 6.45) is 3.54. The van der Waals surface area contributed by atoms with Gasteiger partial charge in [-0.3, -0.25) is 10.1 Å². The van der Waals surface area contributed by atoms with Gasteiger partial charge >= 0.3 is 5.69 Å². The Morgan fingerprint density at radius 2 is 2.05 bits per heavy atom. The van der Waals surface area contributed by atoms with Gasteiger partial charge in [0.05, 0.1) is 11.0 Å². The van der Waals surface area contributed by atoms with E-state index in [2.05, 4.69) is 0 Å². The SMILES string of the molecule is Cc1ccc([N+](=O)[O-])c(OC2CCC(CO)CC2)c1. The lowest BCUT2D eigenvalue weighted by molar-refractivity contribution is -0.386. The van der Waals surface area contributed by atoms with Gasteiger partial charge in [0, 0.05) is 12.7 Å². The number of nitrogens with zero attached hydrogens (tertiary/aromatic N) is 1. The van der Waals surface area contributed by atoms with E-state index in [4.69, 9.17) is 9.84 Å². The number of nitro benzene ring substituents is 1. The van der Waals surface area contributed by atoms with Crippen LogP contribution in [-0.2, 0) is 0 Å². The molecule has 5 heteroatoms. The van der Waals surface area contributed by atoms with Crippen molar-refractivity contribution < 1.29 is 14.8 Å². The van der Waals surface area contributed by atoms with E-state index >= 15 is 0 Å². The number of benzene rings is 1. The van der Waals surface area contributed by atoms with Crippen LogP contribution in [0.2, 0.25) is 0 Å². The first-order valence-electron chi connectivity index (χ1n) is 6.62. The molecular formula is C14H19NO4. The predicted octanol–water partition coefficient (Wildman–Crippen LogP) is 2.83. The van der Waals surface area contributed by atoms with Crippen molar-refractivity contribution in [1.82, 2.24) is 0 Å². The van der Waals surface area contributed by atoms with Gasteiger partial charge in [0.15, 0.2) is 5.75 Å². The Labute approximate surface area is 112 Å². The van der Waals surface area contributed by atoms with Crippen LogP contribution in [0.1, 0.15) is 31.2 Å². The zero-order valence-corrected chi connectivity index (χ0v) is 11.0. The molecule has 5 nitrogen and oxygen atoms in total. The average molecular weight is 265 g/mol. The minimum absolute atomic E-state index is 0.0169. The topological polar surface area (TPSA) is 72.6 Å². The van der Waals surface area contributed by atoms with Crippen molar-refractivity contribution >= 4 is 5.69 Å². The van der Waals surface area contributed by atoms with Crippen LogP contribution < -0.4 is 4.74 Å². The molecule has 0 amide bonds. The molecule has 19 heavy (non-hydrogen) atoms. The van der Waals surface area contributed by atoms with Crippen molar-refractivity contribution in [3.63, 3.8) is 0 Å². The third-order valence-corrected chi connectivity index (χ3v) is 3.66. The first-order chi connectivity index (χ1) is 9.10. The Morgan fingerprint density at radius 3 is 2.63 bits per heavy atom. The molecule has 0 saturated heterocycles. The number of rotatable bonds is 4. The molecule has 104 valence electrons. The number of aliphatic hydroxyl groups excluding tert-OH is 1. The van der Waals surface area contributed by atoms with E-state index in [1.54, 1.807) is 12.1 Å². The maximum absolute atomic E-state index is 11.0. The lowest BCUT2D eigenvalue weighted by Gasteiger charge is -2.27. The van der Waals surface area contributed by atoms with Gasteiger partial charge in [0.2, 0.25) is 0 Å². The van der Waals surface area contributed by atoms with Crippen LogP contribution in [-0.4, -0.2) is 22.7 Å². The van der Waals surface area contributed by atoms with E-state index in [0.717, 1.165) is 31.2 Å². The van der Waals surface area contributed by atoms with Crippen LogP contribution in [0.3, 0.4) is 0 Å². The van der Waals surface area contributed by atoms with Gasteiger partial charge in [-0.1, -0.05) is 6.07 Å². The standard InChI is InChI=1S/C14H19NO4/c1-10-2-7-13(15(17)18)14(8-10)19-12-5-3-11(9-16)4-6-12/h2,7-8,11-12,16H,3-6,9H2,1H3. The third-order valence-electron chi connectivity index (χ3n) is 3.66. The number of hydrogen-bond acceptors (Lipinski definition) is 4. The molecule has 1 fully saturated rings. The van der Waals surface area contributed by atoms with Crippen molar-refractivity contribution in [3.8, 4) is 5.75 Å². The Morgan fingerprint density at radius 1 is 1.37 bits per heavy atom. The van der Waals surface area contributed by atoms with Gasteiger partial charge in [0.1, 0.15) is 0 Å². The van der Waals surface area contributed by atoms with Crippen molar-refractivity contribution in [1.29, 1.82) is 0 Å². The van der Waals surface area contributed by atoms with E-state index < -0.39 is 4.92 Å². The summed E-state index contributed by atoms with van der Waals surface area (Å²) >= 11 is 0. The van der Waals surface area contributed by atoms with Crippen molar-refractivity contribution in [2.75, 3.05) is 6.61 Å². The Balaban J connectivity index is 2.06. The monoisotopic (exact) mass is 265 g/mol. The molecule has 0 heterocycles. The summed E-state index contributed by atoms with van der Waals surface area (Å²) < 4.78 is 5.80. The molecule has 0 spiro atoms. The molecule has 0 radical (unpaired) electrons. The molecule has 1 aromatic carbocycles. The van der Waals surface area contributed by atoms with Crippen LogP contribution in [0.4, 0.5) is 5.69 Å². The van der Waals surface area contributed by atoms with Gasteiger partial charge in [-0.15, -0.1) is 0 Å². The molecule has 1 N–H and O–H groups in total. The van der Waals surface area contributed by atoms with Gasteiger partial charge in [-0.2, -0.15) is 0 Å². The number of aliphatic hydroxyl groups is 1. The first-order valence-corrected chi connectivity index (χ1v) is 6.62. The second-order valence-electron chi connectivity index (χ2n) is 5.17. The highest BCUT2D eigenvalue weighted by atomic mass is 16.6. The van der Waals surface area contributed by atoms with Crippen LogP contribution >= 0.6 is 0 Å². The Bertz CT molecular complexity index is 453. The van der Waals surface area contributed by atoms with Crippen LogP contribution in [0.15, 0.2) is 18.2 Å². The molecule has 0 atom stereocenters. The molecule has 0 unspecified atom stereocenters. The van der Waals surface area contributed by atoms with E-state index in [0.29, 0.717) is 11.7 Å². The molecule has 0 aromatic heterocycles. The minimum atomic E-state index is -0.409. The fraction of sp³-hybridized carbons (Fsp3) is 0.571. The normalized spacial score (nSPS) is 23.1. The number of nitro groups is 1. The van der Waals surface area contributed by atoms with Crippen LogP contribution in [0.25, 0.3) is 0 Å². The molecule has 0 bridgehead atoms. The molecular weight excluding hydrogens is 246 g/mol. The quantitative estimate of drug-likeness (QED) is 0.671. The maximum atomic E-state index is 11.0. The van der Waals surface area contributed by atoms with Gasteiger partial charge in [-0.25, -0.2) is 0 Å². The molecule has 1 saturated carbocycles. The molecule has 1 aromatic rings. The Kier molecular flexibility index (Phi) is 4.37. The fourth-order valence-electron chi connectivity index (χ4n) is 2.48. The molecule has 1 aliphatic carbocycles. The third kappa shape index (κ3) is 3.44. The second-order valence-corrected chi connectivity index (χ2v) is 5.17. The van der Waals surface area contributed by atoms with Gasteiger partial charge in [0.25, 0.3) is 0 Å². The summed E-state index contributed by atoms with van der Waals surface area (Å²) in [5.74, 6) is 0.713. The highest BCUT2D eigenvalue weighted by Crippen LogP contribution is 2.32. The summed E-state index contributed by atoms with van der Waals surface area (Å²) in [6.45, 7) is 2.11. The summed E-state index contributed by atoms with van der Waals surface area (Å²) in [5.41, 5.74) is 0.972. The van der Waals surface area contributed by atoms with Gasteiger partial charge in [-0.05, 0) is 50.2 Å². The predicted molar refractivity (Wildman–Crippen MR) is 71.3 cm³/mol. The smallest absolute Gasteiger partial charge is 0.310 e. The summed E-state index contributed by atoms with van der Waals surface area (Å²) in [5, 5.41) is 20.1. The van der Waals surface area contributed by atoms with Crippen molar-refractivity contribution in [2.45, 2.75) is 38.7 Å². The van der Waals surface area contributed by atoms with Gasteiger partial charge < -0.3 is 9.84 Å².